The molecular formula is C9H16N6O. The number of nitrogens with zero attached hydrogens (tertiary/aromatic N) is 4. The van der Waals surface area contributed by atoms with Crippen molar-refractivity contribution >= 4 is 5.91 Å². The van der Waals surface area contributed by atoms with Crippen LogP contribution in [0.15, 0.2) is 0 Å². The number of nitrogens with two attached hydrogens (primary N) is 1. The van der Waals surface area contributed by atoms with Crippen LogP contribution in [0, 0.1) is 0 Å². The normalized spacial score (nSPS) is 25.4. The summed E-state index contributed by atoms with van der Waals surface area (Å²) in [5, 5.41) is 13.0. The van der Waals surface area contributed by atoms with Crippen LogP contribution < -0.4 is 5.73 Å². The number of aromatic amines is 1. The highest BCUT2D eigenvalue weighted by molar-refractivity contribution is 5.90. The number of H-pyrrole nitrogens is 1. The van der Waals surface area contributed by atoms with E-state index in [0.29, 0.717) is 0 Å². The summed E-state index contributed by atoms with van der Waals surface area (Å²) in [6.07, 6.45) is 3.82. The van der Waals surface area contributed by atoms with Crippen molar-refractivity contribution in [1.82, 2.24) is 25.5 Å². The minimum absolute atomic E-state index is 0.123. The Hall–Kier alpha value is -1.50. The smallest absolute Gasteiger partial charge is 0.295 e. The molecule has 2 rings (SSSR count). The molecule has 0 aromatic carbocycles. The fourth-order valence-electron chi connectivity index (χ4n) is 2.06. The maximum atomic E-state index is 11.9. The van der Waals surface area contributed by atoms with Gasteiger partial charge in [0, 0.05) is 19.1 Å². The van der Waals surface area contributed by atoms with E-state index < -0.39 is 0 Å². The van der Waals surface area contributed by atoms with Gasteiger partial charge in [0.2, 0.25) is 0 Å². The summed E-state index contributed by atoms with van der Waals surface area (Å²) < 4.78 is 0. The first-order chi connectivity index (χ1) is 7.68. The minimum Gasteiger partial charge on any atom is -0.336 e. The summed E-state index contributed by atoms with van der Waals surface area (Å²) in [5.74, 6) is -0.0633. The Morgan fingerprint density at radius 2 is 2.12 bits per heavy atom. The zero-order valence-electron chi connectivity index (χ0n) is 9.26. The summed E-state index contributed by atoms with van der Waals surface area (Å²) in [4.78, 5) is 13.6. The van der Waals surface area contributed by atoms with Crippen LogP contribution >= 0.6 is 0 Å². The van der Waals surface area contributed by atoms with E-state index in [-0.39, 0.29) is 23.8 Å². The number of hydrogen-bond donors (Lipinski definition) is 2. The lowest BCUT2D eigenvalue weighted by molar-refractivity contribution is 0.0677. The molecule has 1 amide bonds. The minimum atomic E-state index is -0.186. The number of aromatic nitrogens is 4. The van der Waals surface area contributed by atoms with E-state index in [4.69, 9.17) is 5.73 Å². The zero-order chi connectivity index (χ0) is 11.5. The van der Waals surface area contributed by atoms with Gasteiger partial charge in [-0.05, 0) is 30.9 Å². The molecule has 0 spiro atoms. The van der Waals surface area contributed by atoms with Crippen molar-refractivity contribution < 1.29 is 4.79 Å². The number of carbonyl (C=O) groups excluding carboxylic acids is 1. The van der Waals surface area contributed by atoms with Crippen LogP contribution in [0.5, 0.6) is 0 Å². The second-order valence-electron chi connectivity index (χ2n) is 4.22. The molecule has 16 heavy (non-hydrogen) atoms. The molecule has 0 atom stereocenters. The third kappa shape index (κ3) is 2.19. The summed E-state index contributed by atoms with van der Waals surface area (Å²) in [6.45, 7) is 0. The van der Waals surface area contributed by atoms with Crippen LogP contribution in [-0.4, -0.2) is 50.6 Å². The van der Waals surface area contributed by atoms with E-state index in [1.165, 1.54) is 0 Å². The van der Waals surface area contributed by atoms with Gasteiger partial charge in [0.1, 0.15) is 0 Å². The van der Waals surface area contributed by atoms with Gasteiger partial charge in [0.15, 0.2) is 0 Å². The van der Waals surface area contributed by atoms with Crippen molar-refractivity contribution in [2.24, 2.45) is 5.73 Å². The highest BCUT2D eigenvalue weighted by atomic mass is 16.2. The van der Waals surface area contributed by atoms with Gasteiger partial charge in [0.25, 0.3) is 11.7 Å². The molecule has 7 heteroatoms. The molecule has 1 aromatic heterocycles. The molecule has 1 aliphatic rings. The van der Waals surface area contributed by atoms with Crippen molar-refractivity contribution in [2.45, 2.75) is 37.8 Å². The van der Waals surface area contributed by atoms with Crippen LogP contribution in [0.1, 0.15) is 36.3 Å². The standard InChI is InChI=1S/C9H16N6O/c1-15(7-4-2-6(10)3-5-7)9(16)8-11-13-14-12-8/h6-7H,2-5,10H2,1H3,(H,11,12,13,14). The third-order valence-corrected chi connectivity index (χ3v) is 3.15. The summed E-state index contributed by atoms with van der Waals surface area (Å²) >= 11 is 0. The van der Waals surface area contributed by atoms with Gasteiger partial charge in [-0.1, -0.05) is 0 Å². The Balaban J connectivity index is 1.97. The fourth-order valence-corrected chi connectivity index (χ4v) is 2.06. The van der Waals surface area contributed by atoms with Crippen LogP contribution in [0.3, 0.4) is 0 Å². The number of carbonyl (C=O) groups is 1. The summed E-state index contributed by atoms with van der Waals surface area (Å²) in [7, 11) is 1.78. The molecule has 1 fully saturated rings. The lowest BCUT2D eigenvalue weighted by Crippen LogP contribution is -2.42. The first-order valence-electron chi connectivity index (χ1n) is 5.44. The van der Waals surface area contributed by atoms with Crippen LogP contribution in [0.25, 0.3) is 0 Å². The van der Waals surface area contributed by atoms with Gasteiger partial charge in [-0.15, -0.1) is 10.2 Å². The lowest BCUT2D eigenvalue weighted by atomic mass is 9.91. The van der Waals surface area contributed by atoms with Crippen molar-refractivity contribution in [3.05, 3.63) is 5.82 Å². The molecule has 0 bridgehead atoms. The third-order valence-electron chi connectivity index (χ3n) is 3.15. The largest absolute Gasteiger partial charge is 0.336 e. The second kappa shape index (κ2) is 4.56. The van der Waals surface area contributed by atoms with Gasteiger partial charge >= 0.3 is 0 Å². The van der Waals surface area contributed by atoms with Crippen molar-refractivity contribution in [3.63, 3.8) is 0 Å². The van der Waals surface area contributed by atoms with E-state index in [9.17, 15) is 4.79 Å². The van der Waals surface area contributed by atoms with Gasteiger partial charge in [-0.2, -0.15) is 5.21 Å². The first-order valence-corrected chi connectivity index (χ1v) is 5.44. The van der Waals surface area contributed by atoms with Crippen LogP contribution in [0.2, 0.25) is 0 Å². The van der Waals surface area contributed by atoms with Gasteiger partial charge in [-0.25, -0.2) is 0 Å². The maximum absolute atomic E-state index is 11.9. The first kappa shape index (κ1) is 11.0. The molecule has 7 nitrogen and oxygen atoms in total. The monoisotopic (exact) mass is 224 g/mol. The molecule has 1 aliphatic carbocycles. The van der Waals surface area contributed by atoms with Crippen molar-refractivity contribution in [1.29, 1.82) is 0 Å². The fraction of sp³-hybridized carbons (Fsp3) is 0.778. The van der Waals surface area contributed by atoms with E-state index in [1.54, 1.807) is 11.9 Å². The maximum Gasteiger partial charge on any atom is 0.295 e. The summed E-state index contributed by atoms with van der Waals surface area (Å²) in [6, 6.07) is 0.524. The van der Waals surface area contributed by atoms with Crippen LogP contribution in [-0.2, 0) is 0 Å². The van der Waals surface area contributed by atoms with E-state index >= 15 is 0 Å². The Morgan fingerprint density at radius 1 is 1.44 bits per heavy atom. The highest BCUT2D eigenvalue weighted by Crippen LogP contribution is 2.21. The van der Waals surface area contributed by atoms with E-state index in [2.05, 4.69) is 20.6 Å². The number of nitrogens with one attached hydrogen (secondary N) is 1. The van der Waals surface area contributed by atoms with Crippen molar-refractivity contribution in [2.75, 3.05) is 7.05 Å². The van der Waals surface area contributed by atoms with Crippen molar-refractivity contribution in [3.8, 4) is 0 Å². The Kier molecular flexibility index (Phi) is 3.14. The molecular weight excluding hydrogens is 208 g/mol. The SMILES string of the molecule is CN(C(=O)c1nn[nH]n1)C1CCC(N)CC1. The predicted octanol–water partition coefficient (Wildman–Crippen LogP) is -0.458. The number of tetrazole rings is 1. The molecule has 0 radical (unpaired) electrons. The topological polar surface area (TPSA) is 101 Å². The molecule has 3 N–H and O–H groups in total. The van der Waals surface area contributed by atoms with Gasteiger partial charge in [-0.3, -0.25) is 4.79 Å². The molecule has 0 aliphatic heterocycles. The van der Waals surface area contributed by atoms with E-state index in [0.717, 1.165) is 25.7 Å². The average Bonchev–Trinajstić information content (AvgIpc) is 2.81. The Labute approximate surface area is 93.4 Å². The number of hydrogen-bond acceptors (Lipinski definition) is 5. The molecule has 1 aromatic rings. The molecule has 1 saturated carbocycles. The Bertz CT molecular complexity index is 343. The molecule has 0 unspecified atom stereocenters. The second-order valence-corrected chi connectivity index (χ2v) is 4.22. The lowest BCUT2D eigenvalue weighted by Gasteiger charge is -2.32. The van der Waals surface area contributed by atoms with Crippen LogP contribution in [0.4, 0.5) is 0 Å². The highest BCUT2D eigenvalue weighted by Gasteiger charge is 2.27. The molecule has 1 heterocycles. The van der Waals surface area contributed by atoms with Gasteiger partial charge < -0.3 is 10.6 Å². The Morgan fingerprint density at radius 3 is 2.69 bits per heavy atom. The number of rotatable bonds is 2. The number of amides is 1. The zero-order valence-corrected chi connectivity index (χ0v) is 9.26. The van der Waals surface area contributed by atoms with E-state index in [1.807, 2.05) is 0 Å². The predicted molar refractivity (Wildman–Crippen MR) is 56.5 cm³/mol. The molecule has 0 saturated heterocycles. The van der Waals surface area contributed by atoms with Gasteiger partial charge in [0.05, 0.1) is 0 Å². The average molecular weight is 224 g/mol. The molecule has 88 valence electrons. The quantitative estimate of drug-likeness (QED) is 0.708. The summed E-state index contributed by atoms with van der Waals surface area (Å²) in [5.41, 5.74) is 5.82.